The van der Waals surface area contributed by atoms with Gasteiger partial charge in [0.15, 0.2) is 17.5 Å². The van der Waals surface area contributed by atoms with Gasteiger partial charge in [-0.25, -0.2) is 15.0 Å². The summed E-state index contributed by atoms with van der Waals surface area (Å²) in [5.74, 6) is 1.90. The Morgan fingerprint density at radius 3 is 1.54 bits per heavy atom. The second-order valence-electron chi connectivity index (χ2n) is 18.4. The van der Waals surface area contributed by atoms with Crippen LogP contribution in [0.3, 0.4) is 0 Å². The first kappa shape index (κ1) is 38.6. The van der Waals surface area contributed by atoms with Gasteiger partial charge in [0.1, 0.15) is 0 Å². The largest absolute Gasteiger partial charge is 0.309 e. The Balaban J connectivity index is 0.945. The standard InChI is InChI=1S/C65H39N5/c1-2-15-43(16-3-1)63-66-64(68-65(67-63)48-31-29-42-28-27-41-14-6-8-20-51(41)55(42)37-48)47-30-26-40-32-33-50(35-49(40)34-47)69-58-25-13-11-23-54(58)61-60(69)39-46-19-7-9-21-52(46)62(61)70-57-24-12-10-22-53(57)56-36-44-17-4-5-18-45(44)38-59(56)70/h1-39H. The van der Waals surface area contributed by atoms with E-state index in [1.165, 1.54) is 81.4 Å². The van der Waals surface area contributed by atoms with Crippen LogP contribution in [0, 0.1) is 0 Å². The van der Waals surface area contributed by atoms with E-state index in [9.17, 15) is 0 Å². The first-order valence-electron chi connectivity index (χ1n) is 23.8. The average molecular weight is 890 g/mol. The fourth-order valence-electron chi connectivity index (χ4n) is 11.2. The molecule has 0 atom stereocenters. The highest BCUT2D eigenvalue weighted by Gasteiger charge is 2.23. The van der Waals surface area contributed by atoms with Crippen LogP contribution in [0.2, 0.25) is 0 Å². The summed E-state index contributed by atoms with van der Waals surface area (Å²) >= 11 is 0. The first-order valence-corrected chi connectivity index (χ1v) is 23.8. The average Bonchev–Trinajstić information content (AvgIpc) is 3.93. The molecule has 0 radical (unpaired) electrons. The van der Waals surface area contributed by atoms with Gasteiger partial charge in [-0.2, -0.15) is 0 Å². The van der Waals surface area contributed by atoms with E-state index >= 15 is 0 Å². The molecule has 0 fully saturated rings. The van der Waals surface area contributed by atoms with Crippen LogP contribution in [0.4, 0.5) is 0 Å². The maximum atomic E-state index is 5.24. The monoisotopic (exact) mass is 889 g/mol. The summed E-state index contributed by atoms with van der Waals surface area (Å²) in [6, 6.07) is 85.4. The van der Waals surface area contributed by atoms with E-state index in [4.69, 9.17) is 15.0 Å². The number of nitrogens with zero attached hydrogens (tertiary/aromatic N) is 5. The summed E-state index contributed by atoms with van der Waals surface area (Å²) in [6.07, 6.45) is 0. The molecule has 0 unspecified atom stereocenters. The molecule has 5 heteroatoms. The van der Waals surface area contributed by atoms with Crippen LogP contribution in [0.1, 0.15) is 0 Å². The lowest BCUT2D eigenvalue weighted by atomic mass is 10.00. The number of para-hydroxylation sites is 2. The zero-order valence-electron chi connectivity index (χ0n) is 37.8. The molecule has 0 aliphatic heterocycles. The van der Waals surface area contributed by atoms with Crippen molar-refractivity contribution in [1.82, 2.24) is 24.1 Å². The number of rotatable bonds is 5. The molecule has 5 nitrogen and oxygen atoms in total. The van der Waals surface area contributed by atoms with Gasteiger partial charge in [-0.1, -0.05) is 182 Å². The second-order valence-corrected chi connectivity index (χ2v) is 18.4. The summed E-state index contributed by atoms with van der Waals surface area (Å²) in [7, 11) is 0. The quantitative estimate of drug-likeness (QED) is 0.162. The van der Waals surface area contributed by atoms with Crippen molar-refractivity contribution < 1.29 is 0 Å². The minimum atomic E-state index is 0.626. The number of hydrogen-bond donors (Lipinski definition) is 0. The third-order valence-corrected chi connectivity index (χ3v) is 14.4. The molecule has 0 saturated carbocycles. The summed E-state index contributed by atoms with van der Waals surface area (Å²) in [5, 5.41) is 16.7. The number of aromatic nitrogens is 5. The molecule has 0 amide bonds. The molecule has 0 bridgehead atoms. The van der Waals surface area contributed by atoms with Gasteiger partial charge in [0.2, 0.25) is 0 Å². The number of fused-ring (bicyclic) bond motifs is 12. The predicted octanol–water partition coefficient (Wildman–Crippen LogP) is 16.8. The molecule has 15 rings (SSSR count). The van der Waals surface area contributed by atoms with Crippen molar-refractivity contribution >= 4 is 97.5 Å². The summed E-state index contributed by atoms with van der Waals surface area (Å²) in [5.41, 5.74) is 9.75. The molecule has 0 saturated heterocycles. The van der Waals surface area contributed by atoms with Gasteiger partial charge >= 0.3 is 0 Å². The van der Waals surface area contributed by atoms with Crippen molar-refractivity contribution in [1.29, 1.82) is 0 Å². The highest BCUT2D eigenvalue weighted by Crippen LogP contribution is 2.44. The molecule has 0 N–H and O–H groups in total. The van der Waals surface area contributed by atoms with Gasteiger partial charge < -0.3 is 9.13 Å². The van der Waals surface area contributed by atoms with Crippen LogP contribution in [0.5, 0.6) is 0 Å². The molecule has 15 aromatic rings. The van der Waals surface area contributed by atoms with Gasteiger partial charge in [0.05, 0.1) is 27.8 Å². The Hall–Kier alpha value is -9.45. The Kier molecular flexibility index (Phi) is 8.29. The molecule has 70 heavy (non-hydrogen) atoms. The van der Waals surface area contributed by atoms with E-state index in [0.717, 1.165) is 44.2 Å². The maximum absolute atomic E-state index is 5.24. The highest BCUT2D eigenvalue weighted by molar-refractivity contribution is 6.23. The Morgan fingerprint density at radius 1 is 0.243 bits per heavy atom. The lowest BCUT2D eigenvalue weighted by Gasteiger charge is -2.16. The molecular formula is C65H39N5. The minimum absolute atomic E-state index is 0.626. The molecular weight excluding hydrogens is 851 g/mol. The zero-order chi connectivity index (χ0) is 45.9. The SMILES string of the molecule is c1ccc(-c2nc(-c3ccc4ccc(-n5c6ccccc6c6c(-n7c8ccccc8c8cc9ccccc9cc87)c7ccccc7cc65)cc4c3)nc(-c3ccc4ccc5ccccc5c4c3)n2)cc1. The summed E-state index contributed by atoms with van der Waals surface area (Å²) < 4.78 is 4.98. The van der Waals surface area contributed by atoms with E-state index in [-0.39, 0.29) is 0 Å². The van der Waals surface area contributed by atoms with E-state index in [0.29, 0.717) is 17.5 Å². The third-order valence-electron chi connectivity index (χ3n) is 14.4. The Labute approximate surface area is 401 Å². The zero-order valence-corrected chi connectivity index (χ0v) is 37.8. The summed E-state index contributed by atoms with van der Waals surface area (Å²) in [4.78, 5) is 15.5. The Morgan fingerprint density at radius 2 is 0.771 bits per heavy atom. The third kappa shape index (κ3) is 5.88. The molecule has 12 aromatic carbocycles. The minimum Gasteiger partial charge on any atom is -0.309 e. The van der Waals surface area contributed by atoms with Crippen molar-refractivity contribution in [3.8, 4) is 45.5 Å². The van der Waals surface area contributed by atoms with Gasteiger partial charge in [0.25, 0.3) is 0 Å². The topological polar surface area (TPSA) is 48.5 Å². The Bertz CT molecular complexity index is 4660. The smallest absolute Gasteiger partial charge is 0.164 e. The van der Waals surface area contributed by atoms with Crippen LogP contribution in [-0.4, -0.2) is 24.1 Å². The normalized spacial score (nSPS) is 12.0. The van der Waals surface area contributed by atoms with Crippen LogP contribution < -0.4 is 0 Å². The second kappa shape index (κ2) is 15.0. The van der Waals surface area contributed by atoms with Crippen LogP contribution >= 0.6 is 0 Å². The van der Waals surface area contributed by atoms with E-state index in [2.05, 4.69) is 228 Å². The van der Waals surface area contributed by atoms with Crippen molar-refractivity contribution in [3.63, 3.8) is 0 Å². The van der Waals surface area contributed by atoms with E-state index < -0.39 is 0 Å². The van der Waals surface area contributed by atoms with E-state index in [1.807, 2.05) is 18.2 Å². The number of hydrogen-bond acceptors (Lipinski definition) is 3. The van der Waals surface area contributed by atoms with Crippen molar-refractivity contribution in [2.24, 2.45) is 0 Å². The van der Waals surface area contributed by atoms with Gasteiger partial charge in [-0.3, -0.25) is 0 Å². The fourth-order valence-corrected chi connectivity index (χ4v) is 11.2. The molecule has 0 aliphatic carbocycles. The van der Waals surface area contributed by atoms with Crippen LogP contribution in [-0.2, 0) is 0 Å². The van der Waals surface area contributed by atoms with Crippen molar-refractivity contribution in [2.75, 3.05) is 0 Å². The summed E-state index contributed by atoms with van der Waals surface area (Å²) in [6.45, 7) is 0. The lowest BCUT2D eigenvalue weighted by molar-refractivity contribution is 1.07. The van der Waals surface area contributed by atoms with Gasteiger partial charge in [0, 0.05) is 49.3 Å². The van der Waals surface area contributed by atoms with Gasteiger partial charge in [-0.05, 0) is 103 Å². The first-order chi connectivity index (χ1) is 34.7. The van der Waals surface area contributed by atoms with Crippen molar-refractivity contribution in [2.45, 2.75) is 0 Å². The molecule has 3 heterocycles. The van der Waals surface area contributed by atoms with Gasteiger partial charge in [-0.15, -0.1) is 0 Å². The molecule has 324 valence electrons. The highest BCUT2D eigenvalue weighted by atomic mass is 15.0. The van der Waals surface area contributed by atoms with Crippen molar-refractivity contribution in [3.05, 3.63) is 237 Å². The number of benzene rings is 12. The maximum Gasteiger partial charge on any atom is 0.164 e. The fraction of sp³-hybridized carbons (Fsp3) is 0. The van der Waals surface area contributed by atoms with Crippen LogP contribution in [0.15, 0.2) is 237 Å². The predicted molar refractivity (Wildman–Crippen MR) is 292 cm³/mol. The lowest BCUT2D eigenvalue weighted by Crippen LogP contribution is -2.00. The van der Waals surface area contributed by atoms with Crippen LogP contribution in [0.25, 0.3) is 143 Å². The molecule has 0 spiro atoms. The molecule has 0 aliphatic rings. The van der Waals surface area contributed by atoms with E-state index in [1.54, 1.807) is 0 Å². The molecule has 3 aromatic heterocycles.